The zero-order valence-electron chi connectivity index (χ0n) is 10.3. The van der Waals surface area contributed by atoms with Crippen molar-refractivity contribution in [1.29, 1.82) is 0 Å². The molecule has 98 valence electrons. The van der Waals surface area contributed by atoms with Crippen LogP contribution in [0.25, 0.3) is 0 Å². The van der Waals surface area contributed by atoms with Crippen molar-refractivity contribution in [3.63, 3.8) is 0 Å². The van der Waals surface area contributed by atoms with Crippen LogP contribution in [-0.4, -0.2) is 23.1 Å². The van der Waals surface area contributed by atoms with Gasteiger partial charge in [0.2, 0.25) is 0 Å². The largest absolute Gasteiger partial charge is 0.506 e. The Morgan fingerprint density at radius 2 is 2.16 bits per heavy atom. The number of phenols is 1. The summed E-state index contributed by atoms with van der Waals surface area (Å²) in [5.41, 5.74) is 6.46. The van der Waals surface area contributed by atoms with Gasteiger partial charge in [-0.05, 0) is 24.3 Å². The maximum absolute atomic E-state index is 11.9. The van der Waals surface area contributed by atoms with Crippen LogP contribution in [0.1, 0.15) is 10.5 Å². The van der Waals surface area contributed by atoms with Gasteiger partial charge >= 0.3 is 0 Å². The number of rotatable bonds is 3. The molecule has 0 unspecified atom stereocenters. The zero-order valence-corrected chi connectivity index (χ0v) is 10.3. The summed E-state index contributed by atoms with van der Waals surface area (Å²) in [6, 6.07) is 7.67. The lowest BCUT2D eigenvalue weighted by Gasteiger charge is -2.08. The van der Waals surface area contributed by atoms with E-state index in [0.717, 1.165) is 0 Å². The molecule has 0 saturated carbocycles. The molecular weight excluding hydrogens is 246 g/mol. The van der Waals surface area contributed by atoms with E-state index in [9.17, 15) is 9.90 Å². The summed E-state index contributed by atoms with van der Waals surface area (Å²) in [4.78, 5) is 15.8. The first-order valence-electron chi connectivity index (χ1n) is 5.50. The van der Waals surface area contributed by atoms with Crippen LogP contribution in [0, 0.1) is 0 Å². The predicted octanol–water partition coefficient (Wildman–Crippen LogP) is 1.63. The van der Waals surface area contributed by atoms with Crippen molar-refractivity contribution in [2.45, 2.75) is 0 Å². The summed E-state index contributed by atoms with van der Waals surface area (Å²) in [5, 5.41) is 12.3. The minimum atomic E-state index is -0.430. The summed E-state index contributed by atoms with van der Waals surface area (Å²) < 4.78 is 4.95. The van der Waals surface area contributed by atoms with E-state index in [1.165, 1.54) is 25.4 Å². The fourth-order valence-electron chi connectivity index (χ4n) is 1.47. The number of nitrogens with zero attached hydrogens (tertiary/aromatic N) is 1. The highest BCUT2D eigenvalue weighted by atomic mass is 16.5. The first-order chi connectivity index (χ1) is 9.10. The normalized spacial score (nSPS) is 9.95. The van der Waals surface area contributed by atoms with Crippen molar-refractivity contribution in [2.24, 2.45) is 0 Å². The number of amides is 1. The number of nitrogen functional groups attached to an aromatic ring is 1. The van der Waals surface area contributed by atoms with Gasteiger partial charge in [0, 0.05) is 6.07 Å². The Balaban J connectivity index is 2.17. The Morgan fingerprint density at radius 3 is 2.74 bits per heavy atom. The van der Waals surface area contributed by atoms with Crippen molar-refractivity contribution in [2.75, 3.05) is 18.2 Å². The molecule has 0 aliphatic rings. The van der Waals surface area contributed by atoms with E-state index in [4.69, 9.17) is 10.5 Å². The molecule has 1 heterocycles. The van der Waals surface area contributed by atoms with E-state index in [-0.39, 0.29) is 17.1 Å². The third-order valence-corrected chi connectivity index (χ3v) is 2.47. The number of phenolic OH excluding ortho intramolecular Hbond substituents is 1. The van der Waals surface area contributed by atoms with Crippen LogP contribution in [-0.2, 0) is 0 Å². The third-order valence-electron chi connectivity index (χ3n) is 2.47. The average Bonchev–Trinajstić information content (AvgIpc) is 2.41. The van der Waals surface area contributed by atoms with Gasteiger partial charge in [0.15, 0.2) is 0 Å². The molecule has 0 bridgehead atoms. The molecule has 6 heteroatoms. The van der Waals surface area contributed by atoms with Crippen molar-refractivity contribution in [1.82, 2.24) is 4.98 Å². The van der Waals surface area contributed by atoms with Crippen LogP contribution in [0.2, 0.25) is 0 Å². The van der Waals surface area contributed by atoms with Gasteiger partial charge < -0.3 is 20.9 Å². The second kappa shape index (κ2) is 5.26. The smallest absolute Gasteiger partial charge is 0.274 e. The summed E-state index contributed by atoms with van der Waals surface area (Å²) in [7, 11) is 1.49. The molecule has 6 nitrogen and oxygen atoms in total. The molecule has 0 saturated heterocycles. The van der Waals surface area contributed by atoms with Crippen molar-refractivity contribution in [3.05, 3.63) is 42.2 Å². The zero-order chi connectivity index (χ0) is 13.8. The van der Waals surface area contributed by atoms with E-state index in [1.54, 1.807) is 18.2 Å². The molecule has 0 spiro atoms. The Hall–Kier alpha value is -2.76. The number of carbonyl (C=O) groups is 1. The van der Waals surface area contributed by atoms with E-state index in [1.807, 2.05) is 0 Å². The molecule has 2 rings (SSSR count). The van der Waals surface area contributed by atoms with Gasteiger partial charge in [-0.1, -0.05) is 0 Å². The highest BCUT2D eigenvalue weighted by molar-refractivity contribution is 6.03. The van der Waals surface area contributed by atoms with Crippen molar-refractivity contribution in [3.8, 4) is 11.5 Å². The maximum atomic E-state index is 11.9. The first kappa shape index (κ1) is 12.7. The van der Waals surface area contributed by atoms with Crippen molar-refractivity contribution < 1.29 is 14.6 Å². The lowest BCUT2D eigenvalue weighted by atomic mass is 10.2. The van der Waals surface area contributed by atoms with Gasteiger partial charge in [0.05, 0.1) is 24.7 Å². The summed E-state index contributed by atoms with van der Waals surface area (Å²) in [6.45, 7) is 0. The SMILES string of the molecule is COc1ccc(NC(=O)c2ccc(N)cn2)c(O)c1. The van der Waals surface area contributed by atoms with Crippen LogP contribution in [0.5, 0.6) is 11.5 Å². The van der Waals surface area contributed by atoms with Crippen molar-refractivity contribution >= 4 is 17.3 Å². The molecule has 0 radical (unpaired) electrons. The Kier molecular flexibility index (Phi) is 3.51. The third kappa shape index (κ3) is 2.92. The molecule has 0 fully saturated rings. The van der Waals surface area contributed by atoms with Gasteiger partial charge in [-0.3, -0.25) is 4.79 Å². The van der Waals surface area contributed by atoms with E-state index < -0.39 is 5.91 Å². The Bertz CT molecular complexity index is 597. The number of hydrogen-bond acceptors (Lipinski definition) is 5. The fraction of sp³-hybridized carbons (Fsp3) is 0.0769. The minimum absolute atomic E-state index is 0.0804. The molecule has 0 aliphatic carbocycles. The predicted molar refractivity (Wildman–Crippen MR) is 71.3 cm³/mol. The molecule has 1 aromatic heterocycles. The lowest BCUT2D eigenvalue weighted by Crippen LogP contribution is -2.13. The van der Waals surface area contributed by atoms with E-state index in [2.05, 4.69) is 10.3 Å². The second-order valence-electron chi connectivity index (χ2n) is 3.81. The number of nitrogens with one attached hydrogen (secondary N) is 1. The number of carbonyl (C=O) groups excluding carboxylic acids is 1. The number of aromatic nitrogens is 1. The average molecular weight is 259 g/mol. The number of ether oxygens (including phenoxy) is 1. The number of pyridine rings is 1. The maximum Gasteiger partial charge on any atom is 0.274 e. The second-order valence-corrected chi connectivity index (χ2v) is 3.81. The topological polar surface area (TPSA) is 97.5 Å². The molecule has 1 amide bonds. The highest BCUT2D eigenvalue weighted by Crippen LogP contribution is 2.28. The number of aromatic hydroxyl groups is 1. The molecule has 2 aromatic rings. The molecule has 4 N–H and O–H groups in total. The van der Waals surface area contributed by atoms with E-state index >= 15 is 0 Å². The van der Waals surface area contributed by atoms with Crippen LogP contribution in [0.15, 0.2) is 36.5 Å². The molecule has 0 aliphatic heterocycles. The lowest BCUT2D eigenvalue weighted by molar-refractivity contribution is 0.102. The number of benzene rings is 1. The number of nitrogens with two attached hydrogens (primary N) is 1. The van der Waals surface area contributed by atoms with Crippen LogP contribution >= 0.6 is 0 Å². The van der Waals surface area contributed by atoms with Crippen LogP contribution < -0.4 is 15.8 Å². The van der Waals surface area contributed by atoms with E-state index in [0.29, 0.717) is 11.4 Å². The fourth-order valence-corrected chi connectivity index (χ4v) is 1.47. The summed E-state index contributed by atoms with van der Waals surface area (Å²) in [5.74, 6) is -0.00952. The van der Waals surface area contributed by atoms with Gasteiger partial charge in [0.1, 0.15) is 17.2 Å². The monoisotopic (exact) mass is 259 g/mol. The Morgan fingerprint density at radius 1 is 1.37 bits per heavy atom. The van der Waals surface area contributed by atoms with Crippen LogP contribution in [0.3, 0.4) is 0 Å². The number of methoxy groups -OCH3 is 1. The summed E-state index contributed by atoms with van der Waals surface area (Å²) in [6.07, 6.45) is 1.39. The minimum Gasteiger partial charge on any atom is -0.506 e. The standard InChI is InChI=1S/C13H13N3O3/c1-19-9-3-5-10(12(17)6-9)16-13(18)11-4-2-8(14)7-15-11/h2-7,17H,14H2,1H3,(H,16,18). The summed E-state index contributed by atoms with van der Waals surface area (Å²) >= 11 is 0. The number of anilines is 2. The molecule has 0 atom stereocenters. The van der Waals surface area contributed by atoms with Gasteiger partial charge in [-0.2, -0.15) is 0 Å². The Labute approximate surface area is 109 Å². The highest BCUT2D eigenvalue weighted by Gasteiger charge is 2.10. The van der Waals surface area contributed by atoms with Gasteiger partial charge in [0.25, 0.3) is 5.91 Å². The molecule has 1 aromatic carbocycles. The molecule has 19 heavy (non-hydrogen) atoms. The van der Waals surface area contributed by atoms with Gasteiger partial charge in [-0.25, -0.2) is 4.98 Å². The quantitative estimate of drug-likeness (QED) is 0.728. The van der Waals surface area contributed by atoms with Crippen LogP contribution in [0.4, 0.5) is 11.4 Å². The number of hydrogen-bond donors (Lipinski definition) is 3. The first-order valence-corrected chi connectivity index (χ1v) is 5.50. The molecular formula is C13H13N3O3. The van der Waals surface area contributed by atoms with Gasteiger partial charge in [-0.15, -0.1) is 0 Å².